The maximum Gasteiger partial charge on any atom is 0.255 e. The highest BCUT2D eigenvalue weighted by atomic mass is 16.5. The van der Waals surface area contributed by atoms with E-state index >= 15 is 0 Å². The molecule has 1 amide bonds. The average molecular weight is 436 g/mol. The molecule has 8 heteroatoms. The Balaban J connectivity index is 0.00000204. The van der Waals surface area contributed by atoms with Crippen molar-refractivity contribution in [3.05, 3.63) is 77.3 Å². The highest BCUT2D eigenvalue weighted by Crippen LogP contribution is 2.30. The normalized spacial score (nSPS) is 13.3. The van der Waals surface area contributed by atoms with Crippen LogP contribution in [0, 0.1) is 5.41 Å². The molecule has 0 saturated heterocycles. The van der Waals surface area contributed by atoms with E-state index in [-0.39, 0.29) is 20.2 Å². The number of anilines is 1. The Labute approximate surface area is 188 Å². The van der Waals surface area contributed by atoms with Crippen molar-refractivity contribution in [3.8, 4) is 5.75 Å². The van der Waals surface area contributed by atoms with Crippen LogP contribution in [0.4, 0.5) is 5.69 Å². The van der Waals surface area contributed by atoms with Gasteiger partial charge in [0.2, 0.25) is 0 Å². The summed E-state index contributed by atoms with van der Waals surface area (Å²) in [5, 5.41) is 18.8. The van der Waals surface area contributed by atoms with Crippen molar-refractivity contribution in [2.45, 2.75) is 0 Å². The molecule has 32 heavy (non-hydrogen) atoms. The summed E-state index contributed by atoms with van der Waals surface area (Å²) in [5.41, 5.74) is 9.96. The van der Waals surface area contributed by atoms with Crippen LogP contribution in [0.2, 0.25) is 0 Å². The number of hydrogen-bond acceptors (Lipinski definition) is 7. The van der Waals surface area contributed by atoms with Crippen LogP contribution in [0.15, 0.2) is 65.1 Å². The third-order valence-electron chi connectivity index (χ3n) is 5.16. The Morgan fingerprint density at radius 2 is 2.19 bits per heavy atom. The molecule has 2 heterocycles. The van der Waals surface area contributed by atoms with Gasteiger partial charge in [0.05, 0.1) is 36.8 Å². The molecule has 0 bridgehead atoms. The smallest absolute Gasteiger partial charge is 0.255 e. The Bertz CT molecular complexity index is 1240. The van der Waals surface area contributed by atoms with Crippen molar-refractivity contribution < 1.29 is 16.8 Å². The van der Waals surface area contributed by atoms with Gasteiger partial charge in [-0.3, -0.25) is 4.79 Å². The first-order valence-electron chi connectivity index (χ1n) is 10.2. The molecule has 8 nitrogen and oxygen atoms in total. The second-order valence-electron chi connectivity index (χ2n) is 7.31. The van der Waals surface area contributed by atoms with Crippen LogP contribution in [0.1, 0.15) is 24.3 Å². The van der Waals surface area contributed by atoms with Crippen LogP contribution in [0.5, 0.6) is 5.75 Å². The van der Waals surface area contributed by atoms with Gasteiger partial charge >= 0.3 is 0 Å². The summed E-state index contributed by atoms with van der Waals surface area (Å²) in [4.78, 5) is 12.8. The minimum Gasteiger partial charge on any atom is -0.495 e. The molecule has 1 aromatic heterocycles. The van der Waals surface area contributed by atoms with Gasteiger partial charge in [0.15, 0.2) is 0 Å². The van der Waals surface area contributed by atoms with Gasteiger partial charge in [-0.15, -0.1) is 0 Å². The molecule has 0 spiro atoms. The minimum atomic E-state index is -0.307. The van der Waals surface area contributed by atoms with Crippen molar-refractivity contribution in [2.75, 3.05) is 32.5 Å². The minimum absolute atomic E-state index is 0. The molecule has 4 rings (SSSR count). The summed E-state index contributed by atoms with van der Waals surface area (Å²) in [7, 11) is 1.47. The van der Waals surface area contributed by atoms with Crippen molar-refractivity contribution in [1.82, 2.24) is 16.0 Å². The van der Waals surface area contributed by atoms with E-state index in [0.717, 1.165) is 35.3 Å². The van der Waals surface area contributed by atoms with Crippen LogP contribution >= 0.6 is 0 Å². The number of rotatable bonds is 7. The molecule has 3 aromatic rings. The van der Waals surface area contributed by atoms with Crippen molar-refractivity contribution in [1.29, 1.82) is 5.41 Å². The predicted molar refractivity (Wildman–Crippen MR) is 130 cm³/mol. The van der Waals surface area contributed by atoms with Crippen LogP contribution in [-0.2, 0) is 0 Å². The van der Waals surface area contributed by atoms with Gasteiger partial charge in [0.1, 0.15) is 11.3 Å². The highest BCUT2D eigenvalue weighted by molar-refractivity contribution is 6.15. The lowest BCUT2D eigenvalue weighted by atomic mass is 10.0. The number of furan rings is 1. The molecule has 2 aromatic carbocycles. The number of nitrogen functional groups attached to an aromatic ring is 1. The van der Waals surface area contributed by atoms with Crippen molar-refractivity contribution >= 4 is 34.4 Å². The van der Waals surface area contributed by atoms with Crippen molar-refractivity contribution in [3.63, 3.8) is 0 Å². The zero-order valence-electron chi connectivity index (χ0n) is 17.7. The summed E-state index contributed by atoms with van der Waals surface area (Å²) in [6.07, 6.45) is 6.94. The van der Waals surface area contributed by atoms with Gasteiger partial charge in [-0.2, -0.15) is 0 Å². The first kappa shape index (κ1) is 21.0. The van der Waals surface area contributed by atoms with E-state index in [1.54, 1.807) is 24.5 Å². The molecule has 1 aliphatic heterocycles. The number of carbonyl (C=O) groups is 1. The lowest BCUT2D eigenvalue weighted by Crippen LogP contribution is -2.37. The SMILES string of the molecule is COc1c(C(=O)NCC2=CNCCN2)ccc(N)c1C(=N)/C=C/c1ccc2occc2c1.[HH].[HH]. The summed E-state index contributed by atoms with van der Waals surface area (Å²) < 4.78 is 10.9. The topological polar surface area (TPSA) is 125 Å². The van der Waals surface area contributed by atoms with Gasteiger partial charge in [-0.25, -0.2) is 0 Å². The first-order valence-corrected chi connectivity index (χ1v) is 10.2. The Morgan fingerprint density at radius 3 is 2.97 bits per heavy atom. The zero-order valence-corrected chi connectivity index (χ0v) is 17.7. The second kappa shape index (κ2) is 9.30. The maximum atomic E-state index is 12.8. The number of ether oxygens (including phenoxy) is 1. The van der Waals surface area contributed by atoms with Gasteiger partial charge in [0, 0.05) is 38.9 Å². The van der Waals surface area contributed by atoms with Gasteiger partial charge in [0.25, 0.3) is 5.91 Å². The van der Waals surface area contributed by atoms with Gasteiger partial charge in [-0.05, 0) is 42.0 Å². The molecule has 0 atom stereocenters. The fourth-order valence-electron chi connectivity index (χ4n) is 3.54. The van der Waals surface area contributed by atoms with Crippen molar-refractivity contribution in [2.24, 2.45) is 0 Å². The first-order chi connectivity index (χ1) is 15.6. The standard InChI is InChI=1S/C24H25N5O3.2H2/c1-31-23-18(24(30)29-14-17-13-27-9-10-28-17)4-6-20(26)22(23)19(25)5-2-15-3-7-21-16(12-15)8-11-32-21;;/h2-8,11-13,25,27-28H,9-10,14,26H2,1H3,(H,29,30);2*1H/b5-2+,25-19?;;. The Kier molecular flexibility index (Phi) is 6.12. The van der Waals surface area contributed by atoms with Crippen LogP contribution in [-0.4, -0.2) is 38.4 Å². The summed E-state index contributed by atoms with van der Waals surface area (Å²) in [5.74, 6) is -0.0373. The zero-order chi connectivity index (χ0) is 22.5. The monoisotopic (exact) mass is 435 g/mol. The third kappa shape index (κ3) is 4.44. The van der Waals surface area contributed by atoms with E-state index in [9.17, 15) is 4.79 Å². The molecule has 1 aliphatic rings. The molecular formula is C24H29N5O3. The summed E-state index contributed by atoms with van der Waals surface area (Å²) in [6.45, 7) is 1.99. The largest absolute Gasteiger partial charge is 0.495 e. The number of nitrogens with one attached hydrogen (secondary N) is 4. The van der Waals surface area contributed by atoms with E-state index in [2.05, 4.69) is 16.0 Å². The van der Waals surface area contributed by atoms with E-state index in [4.69, 9.17) is 20.3 Å². The number of fused-ring (bicyclic) bond motifs is 1. The maximum absolute atomic E-state index is 12.8. The predicted octanol–water partition coefficient (Wildman–Crippen LogP) is 3.36. The number of nitrogens with two attached hydrogens (primary N) is 1. The average Bonchev–Trinajstić information content (AvgIpc) is 3.29. The summed E-state index contributed by atoms with van der Waals surface area (Å²) in [6, 6.07) is 10.9. The van der Waals surface area contributed by atoms with Gasteiger partial charge in [-0.1, -0.05) is 12.1 Å². The molecule has 0 saturated carbocycles. The van der Waals surface area contributed by atoms with E-state index in [0.29, 0.717) is 23.4 Å². The summed E-state index contributed by atoms with van der Waals surface area (Å²) >= 11 is 0. The quantitative estimate of drug-likeness (QED) is 0.286. The Morgan fingerprint density at radius 1 is 1.31 bits per heavy atom. The molecule has 168 valence electrons. The lowest BCUT2D eigenvalue weighted by Gasteiger charge is -2.18. The van der Waals surface area contributed by atoms with Crippen LogP contribution in [0.25, 0.3) is 17.0 Å². The molecule has 0 radical (unpaired) electrons. The lowest BCUT2D eigenvalue weighted by molar-refractivity contribution is 0.0953. The highest BCUT2D eigenvalue weighted by Gasteiger charge is 2.20. The van der Waals surface area contributed by atoms with Crippen LogP contribution < -0.4 is 26.4 Å². The molecule has 0 fully saturated rings. The van der Waals surface area contributed by atoms with Crippen LogP contribution in [0.3, 0.4) is 0 Å². The van der Waals surface area contributed by atoms with E-state index < -0.39 is 0 Å². The van der Waals surface area contributed by atoms with E-state index in [1.165, 1.54) is 7.11 Å². The fraction of sp³-hybridized carbons (Fsp3) is 0.167. The molecule has 0 unspecified atom stereocenters. The third-order valence-corrected chi connectivity index (χ3v) is 5.16. The number of carbonyl (C=O) groups excluding carboxylic acids is 1. The number of benzene rings is 2. The number of methoxy groups -OCH3 is 1. The van der Waals surface area contributed by atoms with Gasteiger partial charge < -0.3 is 36.2 Å². The van der Waals surface area contributed by atoms with E-state index in [1.807, 2.05) is 36.5 Å². The second-order valence-corrected chi connectivity index (χ2v) is 7.31. The molecular weight excluding hydrogens is 406 g/mol. The number of amides is 1. The number of hydrogen-bond donors (Lipinski definition) is 5. The fourth-order valence-corrected chi connectivity index (χ4v) is 3.54. The molecule has 6 N–H and O–H groups in total. The Hall–Kier alpha value is -4.20. The number of allylic oxidation sites excluding steroid dienone is 1. The molecule has 0 aliphatic carbocycles.